The van der Waals surface area contributed by atoms with Gasteiger partial charge in [0.2, 0.25) is 11.8 Å². The third-order valence-electron chi connectivity index (χ3n) is 4.64. The van der Waals surface area contributed by atoms with Gasteiger partial charge in [-0.15, -0.1) is 0 Å². The number of carbonyl (C=O) groups excluding carboxylic acids is 1. The molecule has 0 saturated carbocycles. The smallest absolute Gasteiger partial charge is 0.341 e. The fourth-order valence-electron chi connectivity index (χ4n) is 3.19. The van der Waals surface area contributed by atoms with E-state index in [9.17, 15) is 22.8 Å². The Kier molecular flexibility index (Phi) is 5.33. The molecule has 146 valence electrons. The van der Waals surface area contributed by atoms with Crippen LogP contribution in [0.15, 0.2) is 27.6 Å². The number of hydrogen-bond donors (Lipinski definition) is 0. The zero-order chi connectivity index (χ0) is 19.6. The molecule has 0 aliphatic carbocycles. The third-order valence-corrected chi connectivity index (χ3v) is 4.64. The normalized spacial score (nSPS) is 15.9. The minimum absolute atomic E-state index is 0.308. The summed E-state index contributed by atoms with van der Waals surface area (Å²) in [7, 11) is 0. The summed E-state index contributed by atoms with van der Waals surface area (Å²) in [6, 6.07) is 1.84. The number of aromatic nitrogens is 3. The molecular weight excluding hydrogens is 365 g/mol. The summed E-state index contributed by atoms with van der Waals surface area (Å²) >= 11 is 0. The van der Waals surface area contributed by atoms with Gasteiger partial charge in [0.25, 0.3) is 5.56 Å². The lowest BCUT2D eigenvalue weighted by Crippen LogP contribution is -2.42. The minimum Gasteiger partial charge on any atom is -0.341 e. The zero-order valence-corrected chi connectivity index (χ0v) is 14.7. The van der Waals surface area contributed by atoms with Crippen LogP contribution >= 0.6 is 0 Å². The fraction of sp³-hybridized carbons (Fsp3) is 0.529. The molecule has 0 spiro atoms. The number of amides is 1. The van der Waals surface area contributed by atoms with E-state index in [0.717, 1.165) is 23.5 Å². The number of carbonyl (C=O) groups is 1. The number of piperidine rings is 1. The van der Waals surface area contributed by atoms with Crippen LogP contribution in [-0.4, -0.2) is 38.6 Å². The van der Waals surface area contributed by atoms with Gasteiger partial charge in [-0.25, -0.2) is 0 Å². The molecule has 0 radical (unpaired) electrons. The topological polar surface area (TPSA) is 81.2 Å². The Morgan fingerprint density at radius 1 is 1.33 bits per heavy atom. The molecule has 1 saturated heterocycles. The highest BCUT2D eigenvalue weighted by molar-refractivity contribution is 5.76. The summed E-state index contributed by atoms with van der Waals surface area (Å²) in [6.45, 7) is 2.27. The molecule has 1 fully saturated rings. The van der Waals surface area contributed by atoms with Crippen molar-refractivity contribution in [2.24, 2.45) is 5.92 Å². The van der Waals surface area contributed by atoms with Crippen LogP contribution in [0.25, 0.3) is 0 Å². The van der Waals surface area contributed by atoms with Gasteiger partial charge in [-0.05, 0) is 30.9 Å². The van der Waals surface area contributed by atoms with Crippen molar-refractivity contribution < 1.29 is 22.5 Å². The summed E-state index contributed by atoms with van der Waals surface area (Å²) in [5, 5.41) is 3.86. The van der Waals surface area contributed by atoms with Gasteiger partial charge in [-0.3, -0.25) is 9.59 Å². The highest BCUT2D eigenvalue weighted by atomic mass is 19.4. The molecule has 1 aliphatic rings. The van der Waals surface area contributed by atoms with Crippen LogP contribution in [0.4, 0.5) is 13.2 Å². The second kappa shape index (κ2) is 7.53. The van der Waals surface area contributed by atoms with Gasteiger partial charge >= 0.3 is 6.18 Å². The lowest BCUT2D eigenvalue weighted by atomic mass is 9.93. The molecule has 7 nitrogen and oxygen atoms in total. The average molecular weight is 384 g/mol. The summed E-state index contributed by atoms with van der Waals surface area (Å²) in [4.78, 5) is 30.1. The maximum atomic E-state index is 12.8. The molecule has 27 heavy (non-hydrogen) atoms. The Morgan fingerprint density at radius 2 is 2.04 bits per heavy atom. The second-order valence-electron chi connectivity index (χ2n) is 6.61. The zero-order valence-electron chi connectivity index (χ0n) is 14.7. The molecule has 3 rings (SSSR count). The largest absolute Gasteiger partial charge is 0.421 e. The Bertz CT molecular complexity index is 867. The molecule has 2 aromatic heterocycles. The first-order valence-corrected chi connectivity index (χ1v) is 8.57. The Labute approximate surface area is 152 Å². The van der Waals surface area contributed by atoms with E-state index in [0.29, 0.717) is 43.2 Å². The van der Waals surface area contributed by atoms with Crippen molar-refractivity contribution in [1.29, 1.82) is 0 Å². The van der Waals surface area contributed by atoms with Gasteiger partial charge < -0.3 is 14.0 Å². The molecule has 0 atom stereocenters. The van der Waals surface area contributed by atoms with E-state index in [1.165, 1.54) is 6.20 Å². The standard InChI is InChI=1S/C17H19F3N4O3/c1-11-21-14(22-27-11)9-12-4-7-23(8-5-12)15(25)10-24-6-2-3-13(16(24)26)17(18,19)20/h2-3,6,12H,4-5,7-10H2,1H3. The van der Waals surface area contributed by atoms with Crippen LogP contribution in [-0.2, 0) is 23.9 Å². The summed E-state index contributed by atoms with van der Waals surface area (Å²) in [5.41, 5.74) is -2.48. The van der Waals surface area contributed by atoms with Crippen molar-refractivity contribution >= 4 is 5.91 Å². The molecule has 1 aliphatic heterocycles. The lowest BCUT2D eigenvalue weighted by molar-refractivity contribution is -0.139. The fourth-order valence-corrected chi connectivity index (χ4v) is 3.19. The number of nitrogens with zero attached hydrogens (tertiary/aromatic N) is 4. The predicted molar refractivity (Wildman–Crippen MR) is 87.7 cm³/mol. The maximum absolute atomic E-state index is 12.8. The van der Waals surface area contributed by atoms with E-state index < -0.39 is 23.8 Å². The predicted octanol–water partition coefficient (Wildman–Crippen LogP) is 2.04. The Morgan fingerprint density at radius 3 is 2.63 bits per heavy atom. The van der Waals surface area contributed by atoms with E-state index >= 15 is 0 Å². The van der Waals surface area contributed by atoms with Gasteiger partial charge in [0.1, 0.15) is 12.1 Å². The highest BCUT2D eigenvalue weighted by Crippen LogP contribution is 2.26. The number of likely N-dealkylation sites (tertiary alicyclic amines) is 1. The molecule has 0 aromatic carbocycles. The van der Waals surface area contributed by atoms with Crippen LogP contribution < -0.4 is 5.56 Å². The number of halogens is 3. The summed E-state index contributed by atoms with van der Waals surface area (Å²) in [6.07, 6.45) is -1.42. The van der Waals surface area contributed by atoms with E-state index in [2.05, 4.69) is 10.1 Å². The maximum Gasteiger partial charge on any atom is 0.421 e. The number of alkyl halides is 3. The van der Waals surface area contributed by atoms with E-state index in [1.54, 1.807) is 11.8 Å². The average Bonchev–Trinajstić information content (AvgIpc) is 3.01. The molecule has 10 heteroatoms. The molecule has 0 unspecified atom stereocenters. The van der Waals surface area contributed by atoms with Gasteiger partial charge in [0, 0.05) is 32.6 Å². The van der Waals surface area contributed by atoms with Crippen LogP contribution in [0.5, 0.6) is 0 Å². The first-order chi connectivity index (χ1) is 12.7. The quantitative estimate of drug-likeness (QED) is 0.806. The Hall–Kier alpha value is -2.65. The summed E-state index contributed by atoms with van der Waals surface area (Å²) in [5.74, 6) is 1.07. The van der Waals surface area contributed by atoms with Crippen LogP contribution in [0, 0.1) is 12.8 Å². The molecule has 0 bridgehead atoms. The summed E-state index contributed by atoms with van der Waals surface area (Å²) < 4.78 is 44.2. The van der Waals surface area contributed by atoms with Crippen LogP contribution in [0.1, 0.15) is 30.1 Å². The first kappa shape index (κ1) is 19.1. The van der Waals surface area contributed by atoms with Gasteiger partial charge in [0.15, 0.2) is 5.82 Å². The number of aryl methyl sites for hydroxylation is 1. The van der Waals surface area contributed by atoms with Gasteiger partial charge in [-0.2, -0.15) is 18.2 Å². The minimum atomic E-state index is -4.74. The monoisotopic (exact) mass is 384 g/mol. The van der Waals surface area contributed by atoms with Crippen molar-refractivity contribution in [2.75, 3.05) is 13.1 Å². The van der Waals surface area contributed by atoms with Crippen molar-refractivity contribution in [3.8, 4) is 0 Å². The van der Waals surface area contributed by atoms with Crippen molar-refractivity contribution in [2.45, 2.75) is 38.9 Å². The van der Waals surface area contributed by atoms with Crippen LogP contribution in [0.3, 0.4) is 0 Å². The van der Waals surface area contributed by atoms with Crippen LogP contribution in [0.2, 0.25) is 0 Å². The molecule has 1 amide bonds. The Balaban J connectivity index is 1.58. The van der Waals surface area contributed by atoms with Crippen molar-refractivity contribution in [3.05, 3.63) is 46.0 Å². The molecule has 0 N–H and O–H groups in total. The second-order valence-corrected chi connectivity index (χ2v) is 6.61. The van der Waals surface area contributed by atoms with Gasteiger partial charge in [0.05, 0.1) is 0 Å². The van der Waals surface area contributed by atoms with Crippen molar-refractivity contribution in [3.63, 3.8) is 0 Å². The van der Waals surface area contributed by atoms with Gasteiger partial charge in [-0.1, -0.05) is 5.16 Å². The number of rotatable bonds is 4. The van der Waals surface area contributed by atoms with E-state index in [1.807, 2.05) is 0 Å². The van der Waals surface area contributed by atoms with Crippen molar-refractivity contribution in [1.82, 2.24) is 19.6 Å². The first-order valence-electron chi connectivity index (χ1n) is 8.57. The lowest BCUT2D eigenvalue weighted by Gasteiger charge is -2.31. The van der Waals surface area contributed by atoms with E-state index in [-0.39, 0.29) is 5.91 Å². The number of pyridine rings is 1. The van der Waals surface area contributed by atoms with E-state index in [4.69, 9.17) is 4.52 Å². The molecule has 2 aromatic rings. The number of hydrogen-bond acceptors (Lipinski definition) is 5. The highest BCUT2D eigenvalue weighted by Gasteiger charge is 2.34. The third kappa shape index (κ3) is 4.55. The SMILES string of the molecule is Cc1nc(CC2CCN(C(=O)Cn3cccc(C(F)(F)F)c3=O)CC2)no1. The molecular formula is C17H19F3N4O3. The molecule has 3 heterocycles.